The molecule has 4 saturated heterocycles. The number of rotatable bonds is 0. The van der Waals surface area contributed by atoms with Crippen molar-refractivity contribution < 1.29 is 0 Å². The van der Waals surface area contributed by atoms with Crippen molar-refractivity contribution in [3.63, 3.8) is 0 Å². The molecule has 2 nitrogen and oxygen atoms in total. The van der Waals surface area contributed by atoms with Gasteiger partial charge in [-0.1, -0.05) is 40.5 Å². The highest BCUT2D eigenvalue weighted by Crippen LogP contribution is 2.32. The maximum Gasteiger partial charge on any atom is 0.00850 e. The Bertz CT molecular complexity index is 224. The summed E-state index contributed by atoms with van der Waals surface area (Å²) >= 11 is 0. The Morgan fingerprint density at radius 3 is 1.33 bits per heavy atom. The molecule has 2 heteroatoms. The van der Waals surface area contributed by atoms with Crippen LogP contribution in [0.5, 0.6) is 0 Å². The molecule has 124 valence electrons. The molecule has 0 aromatic carbocycles. The van der Waals surface area contributed by atoms with Gasteiger partial charge in [0.1, 0.15) is 0 Å². The summed E-state index contributed by atoms with van der Waals surface area (Å²) in [7, 11) is 0. The van der Waals surface area contributed by atoms with Crippen molar-refractivity contribution in [2.45, 2.75) is 97.2 Å². The van der Waals surface area contributed by atoms with E-state index in [1.165, 1.54) is 57.9 Å². The molecule has 7 fully saturated rings. The van der Waals surface area contributed by atoms with Crippen LogP contribution in [-0.2, 0) is 0 Å². The summed E-state index contributed by atoms with van der Waals surface area (Å²) in [5, 5.41) is 6.81. The molecule has 7 aliphatic rings. The van der Waals surface area contributed by atoms with E-state index in [1.54, 1.807) is 0 Å². The zero-order valence-electron chi connectivity index (χ0n) is 14.8. The fourth-order valence-corrected chi connectivity index (χ4v) is 4.35. The van der Waals surface area contributed by atoms with Crippen LogP contribution in [0.15, 0.2) is 0 Å². The van der Waals surface area contributed by atoms with E-state index >= 15 is 0 Å². The molecule has 3 saturated carbocycles. The minimum Gasteiger partial charge on any atom is -0.314 e. The average Bonchev–Trinajstić information content (AvgIpc) is 3.19. The van der Waals surface area contributed by atoms with Crippen molar-refractivity contribution in [3.8, 4) is 0 Å². The van der Waals surface area contributed by atoms with Crippen LogP contribution in [0.1, 0.15) is 79.1 Å². The highest BCUT2D eigenvalue weighted by molar-refractivity contribution is 4.96. The molecule has 21 heavy (non-hydrogen) atoms. The molecule has 4 heterocycles. The Hall–Kier alpha value is -0.0800. The second kappa shape index (κ2) is 8.53. The molecule has 7 rings (SSSR count). The number of hydrogen-bond acceptors (Lipinski definition) is 2. The van der Waals surface area contributed by atoms with Crippen molar-refractivity contribution in [1.82, 2.24) is 10.6 Å². The fraction of sp³-hybridized carbons (Fsp3) is 1.00. The van der Waals surface area contributed by atoms with Crippen molar-refractivity contribution in [2.75, 3.05) is 6.54 Å². The lowest BCUT2D eigenvalue weighted by molar-refractivity contribution is 0.369. The van der Waals surface area contributed by atoms with Crippen molar-refractivity contribution in [3.05, 3.63) is 0 Å². The summed E-state index contributed by atoms with van der Waals surface area (Å²) in [6.07, 6.45) is 11.7. The molecule has 3 aliphatic carbocycles. The third-order valence-corrected chi connectivity index (χ3v) is 5.79. The van der Waals surface area contributed by atoms with E-state index in [2.05, 4.69) is 24.5 Å². The molecule has 0 radical (unpaired) electrons. The molecule has 4 atom stereocenters. The van der Waals surface area contributed by atoms with Crippen LogP contribution in [0.2, 0.25) is 0 Å². The van der Waals surface area contributed by atoms with Gasteiger partial charge in [-0.2, -0.15) is 0 Å². The lowest BCUT2D eigenvalue weighted by Crippen LogP contribution is -2.43. The van der Waals surface area contributed by atoms with E-state index in [0.717, 1.165) is 35.9 Å². The summed E-state index contributed by atoms with van der Waals surface area (Å²) in [5.41, 5.74) is 0. The maximum absolute atomic E-state index is 3.42. The number of fused-ring (bicyclic) bond motifs is 2. The SMILES string of the molecule is C1CC2CC1N2.C1NC2CC1C2.CC.CC1CCC(C)C1. The maximum atomic E-state index is 3.42. The molecular formula is C19H38N2. The van der Waals surface area contributed by atoms with Crippen molar-refractivity contribution >= 4 is 0 Å². The van der Waals surface area contributed by atoms with Gasteiger partial charge in [-0.05, 0) is 62.8 Å². The van der Waals surface area contributed by atoms with Gasteiger partial charge in [-0.25, -0.2) is 0 Å². The van der Waals surface area contributed by atoms with Crippen molar-refractivity contribution in [2.24, 2.45) is 17.8 Å². The van der Waals surface area contributed by atoms with Crippen LogP contribution in [0, 0.1) is 17.8 Å². The van der Waals surface area contributed by atoms with Gasteiger partial charge < -0.3 is 10.6 Å². The van der Waals surface area contributed by atoms with Gasteiger partial charge in [0.2, 0.25) is 0 Å². The number of hydrogen-bond donors (Lipinski definition) is 2. The normalized spacial score (nSPS) is 44.0. The predicted octanol–water partition coefficient (Wildman–Crippen LogP) is 4.35. The van der Waals surface area contributed by atoms with Crippen LogP contribution in [0.3, 0.4) is 0 Å². The Kier molecular flexibility index (Phi) is 7.01. The zero-order valence-corrected chi connectivity index (χ0v) is 14.8. The topological polar surface area (TPSA) is 24.1 Å². The van der Waals surface area contributed by atoms with Crippen LogP contribution >= 0.6 is 0 Å². The van der Waals surface area contributed by atoms with Gasteiger partial charge in [0.15, 0.2) is 0 Å². The molecule has 0 spiro atoms. The first-order valence-electron chi connectivity index (χ1n) is 9.68. The first kappa shape index (κ1) is 17.3. The van der Waals surface area contributed by atoms with Gasteiger partial charge in [0.25, 0.3) is 0 Å². The average molecular weight is 295 g/mol. The summed E-state index contributed by atoms with van der Waals surface area (Å²) in [6.45, 7) is 10.0. The smallest absolute Gasteiger partial charge is 0.00850 e. The van der Waals surface area contributed by atoms with Gasteiger partial charge in [0.05, 0.1) is 0 Å². The molecule has 2 N–H and O–H groups in total. The second-order valence-corrected chi connectivity index (χ2v) is 7.84. The van der Waals surface area contributed by atoms with Gasteiger partial charge >= 0.3 is 0 Å². The fourth-order valence-electron chi connectivity index (χ4n) is 4.35. The van der Waals surface area contributed by atoms with Gasteiger partial charge in [-0.3, -0.25) is 0 Å². The summed E-state index contributed by atoms with van der Waals surface area (Å²) < 4.78 is 0. The lowest BCUT2D eigenvalue weighted by atomic mass is 9.87. The lowest BCUT2D eigenvalue weighted by Gasteiger charge is -2.24. The van der Waals surface area contributed by atoms with Crippen LogP contribution in [0.25, 0.3) is 0 Å². The Balaban J connectivity index is 0.000000109. The Morgan fingerprint density at radius 1 is 0.667 bits per heavy atom. The van der Waals surface area contributed by atoms with E-state index in [0.29, 0.717) is 0 Å². The van der Waals surface area contributed by atoms with Crippen LogP contribution in [0.4, 0.5) is 0 Å². The quantitative estimate of drug-likeness (QED) is 0.694. The minimum absolute atomic E-state index is 0.940. The molecule has 4 bridgehead atoms. The zero-order chi connectivity index (χ0) is 15.2. The highest BCUT2D eigenvalue weighted by atomic mass is 15.1. The van der Waals surface area contributed by atoms with Gasteiger partial charge in [0, 0.05) is 18.1 Å². The van der Waals surface area contributed by atoms with E-state index in [4.69, 9.17) is 0 Å². The molecule has 0 amide bonds. The highest BCUT2D eigenvalue weighted by Gasteiger charge is 2.35. The van der Waals surface area contributed by atoms with Crippen LogP contribution < -0.4 is 10.6 Å². The monoisotopic (exact) mass is 294 g/mol. The summed E-state index contributed by atoms with van der Waals surface area (Å²) in [4.78, 5) is 0. The molecular weight excluding hydrogens is 256 g/mol. The molecule has 4 aliphatic heterocycles. The predicted molar refractivity (Wildman–Crippen MR) is 92.6 cm³/mol. The summed E-state index contributed by atoms with van der Waals surface area (Å²) in [5.74, 6) is 3.12. The van der Waals surface area contributed by atoms with E-state index < -0.39 is 0 Å². The molecule has 0 aromatic rings. The molecule has 0 aromatic heterocycles. The second-order valence-electron chi connectivity index (χ2n) is 7.84. The Labute approximate surface area is 132 Å². The van der Waals surface area contributed by atoms with E-state index in [9.17, 15) is 0 Å². The van der Waals surface area contributed by atoms with E-state index in [1.807, 2.05) is 13.8 Å². The molecule has 4 unspecified atom stereocenters. The Morgan fingerprint density at radius 2 is 1.19 bits per heavy atom. The standard InChI is InChI=1S/C7H14.2C5H9N.C2H6/c1-6-3-4-7(2)5-6;1-4-2-5(1)6-3-4;1-2-5-3-4(1)6-5;1-2/h6-7H,3-5H2,1-2H3;2*4-6H,1-3H2;1-2H3. The third kappa shape index (κ3) is 5.25. The third-order valence-electron chi connectivity index (χ3n) is 5.79. The van der Waals surface area contributed by atoms with Crippen molar-refractivity contribution in [1.29, 1.82) is 0 Å². The first-order chi connectivity index (χ1) is 10.2. The van der Waals surface area contributed by atoms with Gasteiger partial charge in [-0.15, -0.1) is 0 Å². The van der Waals surface area contributed by atoms with E-state index in [-0.39, 0.29) is 0 Å². The van der Waals surface area contributed by atoms with Crippen LogP contribution in [-0.4, -0.2) is 24.7 Å². The largest absolute Gasteiger partial charge is 0.314 e. The number of nitrogens with one attached hydrogen (secondary N) is 2. The minimum atomic E-state index is 0.940. The first-order valence-corrected chi connectivity index (χ1v) is 9.68. The summed E-state index contributed by atoms with van der Waals surface area (Å²) in [6, 6.07) is 2.82.